The minimum absolute atomic E-state index is 0.0177. The van der Waals surface area contributed by atoms with Crippen molar-refractivity contribution >= 4 is 101 Å². The van der Waals surface area contributed by atoms with Crippen LogP contribution in [0.15, 0.2) is 45.4 Å². The molecule has 0 aliphatic carbocycles. The number of hydrogen-bond donors (Lipinski definition) is 18. The van der Waals surface area contributed by atoms with Gasteiger partial charge in [-0.2, -0.15) is 12.6 Å². The van der Waals surface area contributed by atoms with E-state index in [1.54, 1.807) is 18.3 Å². The van der Waals surface area contributed by atoms with Gasteiger partial charge in [0, 0.05) is 36.5 Å². The molecular weight excluding hydrogens is 1010 g/mol. The van der Waals surface area contributed by atoms with Gasteiger partial charge in [0.2, 0.25) is 29.5 Å². The average molecular weight is 1070 g/mol. The van der Waals surface area contributed by atoms with Gasteiger partial charge in [-0.05, 0) is 56.4 Å². The molecule has 2 aromatic rings. The van der Waals surface area contributed by atoms with E-state index in [0.29, 0.717) is 22.9 Å². The van der Waals surface area contributed by atoms with E-state index in [2.05, 4.69) is 74.8 Å². The number of carboxylic acids is 4. The highest BCUT2D eigenvalue weighted by Crippen LogP contribution is 2.17. The van der Waals surface area contributed by atoms with Gasteiger partial charge in [0.15, 0.2) is 23.7 Å². The number of aliphatic carboxylic acids is 4. The predicted octanol–water partition coefficient (Wildman–Crippen LogP) is -5.21. The van der Waals surface area contributed by atoms with Gasteiger partial charge >= 0.3 is 23.9 Å². The summed E-state index contributed by atoms with van der Waals surface area (Å²) < 4.78 is 0. The van der Waals surface area contributed by atoms with Crippen molar-refractivity contribution in [2.24, 2.45) is 43.6 Å². The van der Waals surface area contributed by atoms with Crippen LogP contribution in [0.3, 0.4) is 0 Å². The zero-order valence-electron chi connectivity index (χ0n) is 40.0. The Hall–Kier alpha value is -9.04. The SMILES string of the molecule is NC(N)=NCCCC(NC(=O)CCC(NC(=O)c1ccc(NCc2cnc3c(n2)CN=C(N)N3)cc1)C(=O)O)C(=O)NC(CC(=O)O)C(=O)NC(CCCN=C(N)N)C(=O)NC(CC(=O)O)C(=O)NC(CS)C(=O)O. The molecule has 2 heterocycles. The summed E-state index contributed by atoms with van der Waals surface area (Å²) in [7, 11) is 0. The van der Waals surface area contributed by atoms with Gasteiger partial charge in [0.05, 0.1) is 37.8 Å². The lowest BCUT2D eigenvalue weighted by Crippen LogP contribution is -2.59. The fraction of sp³-hybridized carbons (Fsp3) is 0.452. The smallest absolute Gasteiger partial charge is 0.327 e. The molecule has 0 bridgehead atoms. The van der Waals surface area contributed by atoms with Crippen LogP contribution in [0.25, 0.3) is 0 Å². The number of benzene rings is 1. The molecule has 0 saturated heterocycles. The van der Waals surface area contributed by atoms with Crippen molar-refractivity contribution in [3.05, 3.63) is 47.4 Å². The van der Waals surface area contributed by atoms with E-state index < -0.39 is 127 Å². The Balaban J connectivity index is 1.73. The van der Waals surface area contributed by atoms with Gasteiger partial charge in [-0.25, -0.2) is 24.5 Å². The molecular formula is C42H60N18O14S. The Kier molecular flexibility index (Phi) is 24.2. The molecule has 0 saturated carbocycles. The molecule has 6 amide bonds. The fourth-order valence-electron chi connectivity index (χ4n) is 6.65. The van der Waals surface area contributed by atoms with Crippen LogP contribution in [-0.4, -0.2) is 163 Å². The van der Waals surface area contributed by atoms with Gasteiger partial charge in [-0.1, -0.05) is 0 Å². The zero-order valence-corrected chi connectivity index (χ0v) is 40.9. The molecule has 1 aromatic carbocycles. The second-order valence-electron chi connectivity index (χ2n) is 16.3. The summed E-state index contributed by atoms with van der Waals surface area (Å²) in [4.78, 5) is 148. The third kappa shape index (κ3) is 21.7. The van der Waals surface area contributed by atoms with E-state index in [0.717, 1.165) is 0 Å². The molecule has 0 radical (unpaired) electrons. The van der Waals surface area contributed by atoms with Crippen molar-refractivity contribution in [1.82, 2.24) is 41.9 Å². The molecule has 32 nitrogen and oxygen atoms in total. The van der Waals surface area contributed by atoms with E-state index in [1.165, 1.54) is 12.1 Å². The third-order valence-electron chi connectivity index (χ3n) is 10.4. The second-order valence-corrected chi connectivity index (χ2v) is 16.7. The molecule has 33 heteroatoms. The molecule has 0 fully saturated rings. The fourth-order valence-corrected chi connectivity index (χ4v) is 6.90. The number of carbonyl (C=O) groups excluding carboxylic acids is 6. The number of guanidine groups is 3. The highest BCUT2D eigenvalue weighted by molar-refractivity contribution is 7.80. The van der Waals surface area contributed by atoms with Crippen molar-refractivity contribution in [3.8, 4) is 0 Å². The van der Waals surface area contributed by atoms with Gasteiger partial charge in [0.1, 0.15) is 41.9 Å². The Bertz CT molecular complexity index is 2510. The largest absolute Gasteiger partial charge is 0.481 e. The highest BCUT2D eigenvalue weighted by atomic mass is 32.1. The van der Waals surface area contributed by atoms with Crippen LogP contribution >= 0.6 is 12.6 Å². The van der Waals surface area contributed by atoms with Gasteiger partial charge in [-0.3, -0.25) is 48.3 Å². The molecule has 75 heavy (non-hydrogen) atoms. The van der Waals surface area contributed by atoms with E-state index in [-0.39, 0.29) is 75.3 Å². The normalized spacial score (nSPS) is 13.8. The van der Waals surface area contributed by atoms with E-state index >= 15 is 0 Å². The maximum atomic E-state index is 13.8. The number of thiol groups is 1. The Labute approximate surface area is 431 Å². The number of rotatable bonds is 32. The van der Waals surface area contributed by atoms with Crippen LogP contribution in [0, 0.1) is 0 Å². The first-order valence-corrected chi connectivity index (χ1v) is 23.3. The first kappa shape index (κ1) is 60.3. The third-order valence-corrected chi connectivity index (χ3v) is 10.8. The number of anilines is 2. The monoisotopic (exact) mass is 1070 g/mol. The maximum Gasteiger partial charge on any atom is 0.327 e. The molecule has 1 aromatic heterocycles. The number of aromatic nitrogens is 2. The van der Waals surface area contributed by atoms with Crippen molar-refractivity contribution in [2.45, 2.75) is 101 Å². The molecule has 1 aliphatic heterocycles. The Morgan fingerprint density at radius 2 is 1.15 bits per heavy atom. The van der Waals surface area contributed by atoms with E-state index in [1.807, 2.05) is 5.32 Å². The molecule has 408 valence electrons. The van der Waals surface area contributed by atoms with Crippen LogP contribution in [0.5, 0.6) is 0 Å². The number of nitrogens with two attached hydrogens (primary N) is 5. The second kappa shape index (κ2) is 30.1. The summed E-state index contributed by atoms with van der Waals surface area (Å²) in [6.07, 6.45) is -2.27. The topological polar surface area (TPSA) is 541 Å². The van der Waals surface area contributed by atoms with Crippen LogP contribution in [0.2, 0.25) is 0 Å². The maximum absolute atomic E-state index is 13.8. The minimum atomic E-state index is -1.97. The number of aliphatic imine (C=N–C) groups is 3. The predicted molar refractivity (Wildman–Crippen MR) is 268 cm³/mol. The summed E-state index contributed by atoms with van der Waals surface area (Å²) in [6, 6.07) is -4.32. The highest BCUT2D eigenvalue weighted by Gasteiger charge is 2.34. The minimum Gasteiger partial charge on any atom is -0.481 e. The average Bonchev–Trinajstić information content (AvgIpc) is 3.34. The summed E-state index contributed by atoms with van der Waals surface area (Å²) in [5.41, 5.74) is 29.1. The Morgan fingerprint density at radius 1 is 0.653 bits per heavy atom. The van der Waals surface area contributed by atoms with Crippen molar-refractivity contribution < 1.29 is 68.4 Å². The number of nitrogens with zero attached hydrogens (tertiary/aromatic N) is 5. The number of carbonyl (C=O) groups is 10. The zero-order chi connectivity index (χ0) is 55.8. The van der Waals surface area contributed by atoms with Crippen LogP contribution in [0.1, 0.15) is 73.1 Å². The van der Waals surface area contributed by atoms with Crippen molar-refractivity contribution in [3.63, 3.8) is 0 Å². The standard InChI is InChI=1S/C42H60N18O14S/c43-40(44)48-11-1-3-22(54-29(61)10-9-24(38(71)72)56-33(66)19-5-7-20(8-6-19)50-15-21-16-51-32-27(53-21)17-52-42(47)60-32)34(67)57-25(13-30(62)63)36(69)55-23(4-2-12-49-41(45)46)35(68)58-26(14-31(64)65)37(70)59-28(18-75)39(73)74/h5-8,16,22-26,28,50,75H,1-4,9-15,17-18H2,(H,54,61)(H,55,69)(H,56,66)(H,57,67)(H,58,68)(H,59,70)(H,62,63)(H,64,65)(H,71,72)(H,73,74)(H4,43,44,48)(H4,45,46,49)(H3,47,51,52,60). The lowest BCUT2D eigenvalue weighted by atomic mass is 10.1. The van der Waals surface area contributed by atoms with Crippen LogP contribution in [0.4, 0.5) is 11.5 Å². The number of nitrogens with one attached hydrogen (secondary N) is 8. The Morgan fingerprint density at radius 3 is 1.64 bits per heavy atom. The molecule has 0 spiro atoms. The molecule has 1 aliphatic rings. The number of amides is 6. The quantitative estimate of drug-likeness (QED) is 0.0141. The molecule has 6 unspecified atom stereocenters. The summed E-state index contributed by atoms with van der Waals surface area (Å²) in [5.74, 6) is -13.1. The lowest BCUT2D eigenvalue weighted by molar-refractivity contribution is -0.143. The van der Waals surface area contributed by atoms with Gasteiger partial charge < -0.3 is 91.6 Å². The van der Waals surface area contributed by atoms with Gasteiger partial charge in [-0.15, -0.1) is 0 Å². The number of hydrogen-bond acceptors (Lipinski definition) is 19. The first-order chi connectivity index (χ1) is 35.4. The molecule has 3 rings (SSSR count). The molecule has 22 N–H and O–H groups in total. The molecule has 6 atom stereocenters. The van der Waals surface area contributed by atoms with E-state index in [4.69, 9.17) is 28.7 Å². The first-order valence-electron chi connectivity index (χ1n) is 22.6. The summed E-state index contributed by atoms with van der Waals surface area (Å²) in [6.45, 7) is 0.330. The van der Waals surface area contributed by atoms with Gasteiger partial charge in [0.25, 0.3) is 5.91 Å². The summed E-state index contributed by atoms with van der Waals surface area (Å²) in [5, 5.41) is 57.8. The van der Waals surface area contributed by atoms with E-state index in [9.17, 15) is 68.4 Å². The number of fused-ring (bicyclic) bond motifs is 1. The lowest BCUT2D eigenvalue weighted by Gasteiger charge is -2.26. The van der Waals surface area contributed by atoms with Crippen LogP contribution in [-0.2, 0) is 56.2 Å². The number of carboxylic acid groups (broad SMARTS) is 4. The summed E-state index contributed by atoms with van der Waals surface area (Å²) >= 11 is 3.84. The van der Waals surface area contributed by atoms with Crippen molar-refractivity contribution in [2.75, 3.05) is 29.5 Å². The van der Waals surface area contributed by atoms with Crippen LogP contribution < -0.4 is 71.2 Å². The van der Waals surface area contributed by atoms with Crippen molar-refractivity contribution in [1.29, 1.82) is 0 Å².